The highest BCUT2D eigenvalue weighted by Crippen LogP contribution is 2.46. The van der Waals surface area contributed by atoms with E-state index in [4.69, 9.17) is 4.74 Å². The summed E-state index contributed by atoms with van der Waals surface area (Å²) in [4.78, 5) is 15.5. The van der Waals surface area contributed by atoms with Crippen molar-refractivity contribution in [2.24, 2.45) is 11.3 Å². The molecule has 7 heteroatoms. The molecule has 1 atom stereocenters. The Morgan fingerprint density at radius 3 is 2.56 bits per heavy atom. The van der Waals surface area contributed by atoms with E-state index in [1.807, 2.05) is 17.9 Å². The molecule has 0 bridgehead atoms. The maximum absolute atomic E-state index is 13.3. The summed E-state index contributed by atoms with van der Waals surface area (Å²) < 4.78 is 33.6. The van der Waals surface area contributed by atoms with Crippen LogP contribution in [0.25, 0.3) is 0 Å². The van der Waals surface area contributed by atoms with E-state index < -0.39 is 10.0 Å². The van der Waals surface area contributed by atoms with Gasteiger partial charge in [0.15, 0.2) is 0 Å². The molecule has 4 rings (SSSR count). The van der Waals surface area contributed by atoms with Crippen LogP contribution in [-0.4, -0.2) is 62.9 Å². The van der Waals surface area contributed by atoms with Crippen molar-refractivity contribution in [3.05, 3.63) is 29.8 Å². The Balaban J connectivity index is 1.65. The van der Waals surface area contributed by atoms with Crippen molar-refractivity contribution in [3.63, 3.8) is 0 Å². The third kappa shape index (κ3) is 3.41. The number of ether oxygens (including phenoxy) is 1. The predicted octanol–water partition coefficient (Wildman–Crippen LogP) is 2.03. The lowest BCUT2D eigenvalue weighted by atomic mass is 9.71. The van der Waals surface area contributed by atoms with Crippen LogP contribution in [0.3, 0.4) is 0 Å². The molecule has 0 aliphatic carbocycles. The fraction of sp³-hybridized carbons (Fsp3) is 0.650. The Morgan fingerprint density at radius 1 is 1.19 bits per heavy atom. The molecule has 148 valence electrons. The van der Waals surface area contributed by atoms with Gasteiger partial charge in [0.05, 0.1) is 10.8 Å². The molecule has 3 saturated heterocycles. The highest BCUT2D eigenvalue weighted by molar-refractivity contribution is 7.89. The Labute approximate surface area is 161 Å². The van der Waals surface area contributed by atoms with Gasteiger partial charge < -0.3 is 9.64 Å². The molecule has 3 heterocycles. The van der Waals surface area contributed by atoms with Gasteiger partial charge in [0.2, 0.25) is 15.9 Å². The van der Waals surface area contributed by atoms with Gasteiger partial charge in [0, 0.05) is 44.8 Å². The number of nitrogens with zero attached hydrogens (tertiary/aromatic N) is 2. The van der Waals surface area contributed by atoms with Crippen LogP contribution in [-0.2, 0) is 19.6 Å². The monoisotopic (exact) mass is 392 g/mol. The number of aryl methyl sites for hydroxylation is 1. The van der Waals surface area contributed by atoms with E-state index in [0.29, 0.717) is 24.7 Å². The highest BCUT2D eigenvalue weighted by atomic mass is 32.2. The molecule has 0 unspecified atom stereocenters. The third-order valence-electron chi connectivity index (χ3n) is 6.45. The number of rotatable bonds is 3. The molecule has 1 amide bonds. The Morgan fingerprint density at radius 2 is 1.89 bits per heavy atom. The van der Waals surface area contributed by atoms with Gasteiger partial charge >= 0.3 is 0 Å². The van der Waals surface area contributed by atoms with Crippen molar-refractivity contribution in [2.75, 3.05) is 39.4 Å². The number of carbonyl (C=O) groups is 1. The first kappa shape index (κ1) is 18.9. The zero-order chi connectivity index (χ0) is 19.1. The normalized spacial score (nSPS) is 26.0. The number of benzene rings is 1. The van der Waals surface area contributed by atoms with E-state index in [1.54, 1.807) is 22.5 Å². The molecule has 3 aliphatic heterocycles. The smallest absolute Gasteiger partial charge is 0.243 e. The lowest BCUT2D eigenvalue weighted by Crippen LogP contribution is -2.45. The first-order chi connectivity index (χ1) is 12.9. The van der Waals surface area contributed by atoms with Gasteiger partial charge in [-0.15, -0.1) is 0 Å². The van der Waals surface area contributed by atoms with Crippen molar-refractivity contribution < 1.29 is 17.9 Å². The second kappa shape index (κ2) is 7.18. The van der Waals surface area contributed by atoms with E-state index in [1.165, 1.54) is 0 Å². The van der Waals surface area contributed by atoms with Gasteiger partial charge in [-0.05, 0) is 50.3 Å². The largest absolute Gasteiger partial charge is 0.381 e. The van der Waals surface area contributed by atoms with Crippen molar-refractivity contribution in [1.29, 1.82) is 0 Å². The maximum Gasteiger partial charge on any atom is 0.243 e. The summed E-state index contributed by atoms with van der Waals surface area (Å²) in [5.41, 5.74) is 0.621. The molecule has 1 aromatic rings. The van der Waals surface area contributed by atoms with Gasteiger partial charge in [0.25, 0.3) is 0 Å². The fourth-order valence-corrected chi connectivity index (χ4v) is 6.47. The number of carbonyl (C=O) groups excluding carboxylic acids is 1. The zero-order valence-electron chi connectivity index (χ0n) is 15.9. The van der Waals surface area contributed by atoms with Gasteiger partial charge in [-0.2, -0.15) is 4.31 Å². The van der Waals surface area contributed by atoms with E-state index in [-0.39, 0.29) is 23.8 Å². The minimum atomic E-state index is -3.60. The minimum Gasteiger partial charge on any atom is -0.381 e. The van der Waals surface area contributed by atoms with Gasteiger partial charge in [-0.25, -0.2) is 8.42 Å². The van der Waals surface area contributed by atoms with Crippen LogP contribution < -0.4 is 0 Å². The van der Waals surface area contributed by atoms with Gasteiger partial charge in [0.1, 0.15) is 0 Å². The third-order valence-corrected chi connectivity index (χ3v) is 8.26. The summed E-state index contributed by atoms with van der Waals surface area (Å²) in [5, 5.41) is 0. The summed E-state index contributed by atoms with van der Waals surface area (Å²) in [6, 6.07) is 7.02. The lowest BCUT2D eigenvalue weighted by molar-refractivity contribution is -0.139. The summed E-state index contributed by atoms with van der Waals surface area (Å²) in [6.45, 7) is 5.38. The molecule has 3 fully saturated rings. The van der Waals surface area contributed by atoms with Crippen LogP contribution in [0.5, 0.6) is 0 Å². The Hall–Kier alpha value is -1.44. The van der Waals surface area contributed by atoms with Crippen LogP contribution in [0, 0.1) is 18.3 Å². The molecule has 0 N–H and O–H groups in total. The van der Waals surface area contributed by atoms with Crippen molar-refractivity contribution in [1.82, 2.24) is 9.21 Å². The van der Waals surface area contributed by atoms with Crippen molar-refractivity contribution in [3.8, 4) is 0 Å². The van der Waals surface area contributed by atoms with Gasteiger partial charge in [-0.3, -0.25) is 4.79 Å². The maximum atomic E-state index is 13.3. The SMILES string of the molecule is Cc1cccc(S(=O)(=O)N2C[C@@H](C(=O)N3CCCC3)C3(CCOCC3)C2)c1. The highest BCUT2D eigenvalue weighted by Gasteiger charge is 2.54. The number of likely N-dealkylation sites (tertiary alicyclic amines) is 1. The second-order valence-electron chi connectivity index (χ2n) is 8.17. The van der Waals surface area contributed by atoms with Crippen LogP contribution in [0.4, 0.5) is 0 Å². The van der Waals surface area contributed by atoms with E-state index in [2.05, 4.69) is 0 Å². The summed E-state index contributed by atoms with van der Waals surface area (Å²) in [7, 11) is -3.60. The summed E-state index contributed by atoms with van der Waals surface area (Å²) in [6.07, 6.45) is 3.58. The standard InChI is InChI=1S/C20H28N2O4S/c1-16-5-4-6-17(13-16)27(24,25)22-14-18(19(23)21-9-2-3-10-21)20(15-22)7-11-26-12-8-20/h4-6,13,18H,2-3,7-12,14-15H2,1H3/t18-/m0/s1. The molecule has 0 saturated carbocycles. The van der Waals surface area contributed by atoms with E-state index in [9.17, 15) is 13.2 Å². The van der Waals surface area contributed by atoms with Crippen LogP contribution in [0.2, 0.25) is 0 Å². The topological polar surface area (TPSA) is 66.9 Å². The molecule has 0 radical (unpaired) electrons. The zero-order valence-corrected chi connectivity index (χ0v) is 16.7. The number of hydrogen-bond donors (Lipinski definition) is 0. The molecule has 0 aromatic heterocycles. The molecule has 6 nitrogen and oxygen atoms in total. The van der Waals surface area contributed by atoms with Crippen LogP contribution in [0.15, 0.2) is 29.2 Å². The fourth-order valence-electron chi connectivity index (χ4n) is 4.81. The number of amides is 1. The van der Waals surface area contributed by atoms with Crippen molar-refractivity contribution >= 4 is 15.9 Å². The molecular weight excluding hydrogens is 364 g/mol. The van der Waals surface area contributed by atoms with E-state index in [0.717, 1.165) is 44.3 Å². The Bertz CT molecular complexity index is 811. The molecule has 3 aliphatic rings. The minimum absolute atomic E-state index is 0.136. The average Bonchev–Trinajstić information content (AvgIpc) is 3.31. The van der Waals surface area contributed by atoms with Crippen LogP contribution >= 0.6 is 0 Å². The van der Waals surface area contributed by atoms with E-state index >= 15 is 0 Å². The second-order valence-corrected chi connectivity index (χ2v) is 10.1. The van der Waals surface area contributed by atoms with Crippen LogP contribution in [0.1, 0.15) is 31.2 Å². The molecular formula is C20H28N2O4S. The quantitative estimate of drug-likeness (QED) is 0.789. The predicted molar refractivity (Wildman–Crippen MR) is 102 cm³/mol. The van der Waals surface area contributed by atoms with Crippen molar-refractivity contribution in [2.45, 2.75) is 37.5 Å². The first-order valence-corrected chi connectivity index (χ1v) is 11.3. The molecule has 1 spiro atoms. The summed E-state index contributed by atoms with van der Waals surface area (Å²) in [5.74, 6) is -0.129. The van der Waals surface area contributed by atoms with Gasteiger partial charge in [-0.1, -0.05) is 12.1 Å². The number of hydrogen-bond acceptors (Lipinski definition) is 4. The summed E-state index contributed by atoms with van der Waals surface area (Å²) >= 11 is 0. The molecule has 27 heavy (non-hydrogen) atoms. The Kier molecular flexibility index (Phi) is 5.03. The average molecular weight is 393 g/mol. The molecule has 1 aromatic carbocycles. The lowest BCUT2D eigenvalue weighted by Gasteiger charge is -2.38. The number of sulfonamides is 1. The first-order valence-electron chi connectivity index (χ1n) is 9.86.